The number of carbonyl (C=O) groups excluding carboxylic acids is 2. The Labute approximate surface area is 113 Å². The molecule has 0 aliphatic carbocycles. The number of primary amides is 2. The van der Waals surface area contributed by atoms with Crippen LogP contribution in [-0.2, 0) is 16.1 Å². The van der Waals surface area contributed by atoms with Crippen LogP contribution in [0.25, 0.3) is 0 Å². The number of phenols is 1. The summed E-state index contributed by atoms with van der Waals surface area (Å²) in [6, 6.07) is 4.90. The zero-order valence-electron chi connectivity index (χ0n) is 9.60. The summed E-state index contributed by atoms with van der Waals surface area (Å²) >= 11 is 3.28. The first-order valence-corrected chi connectivity index (χ1v) is 5.94. The van der Waals surface area contributed by atoms with E-state index in [4.69, 9.17) is 11.5 Å². The van der Waals surface area contributed by atoms with Crippen LogP contribution in [0.3, 0.4) is 0 Å². The first-order valence-electron chi connectivity index (χ1n) is 5.15. The van der Waals surface area contributed by atoms with Crippen molar-refractivity contribution < 1.29 is 14.7 Å². The molecule has 18 heavy (non-hydrogen) atoms. The molecule has 0 heterocycles. The predicted molar refractivity (Wildman–Crippen MR) is 69.5 cm³/mol. The van der Waals surface area contributed by atoms with Crippen LogP contribution in [0.2, 0.25) is 0 Å². The van der Waals surface area contributed by atoms with Crippen LogP contribution < -0.4 is 11.5 Å². The Hall–Kier alpha value is -1.60. The summed E-state index contributed by atoms with van der Waals surface area (Å²) < 4.78 is 0.786. The lowest BCUT2D eigenvalue weighted by molar-refractivity contribution is -0.122. The Morgan fingerprint density at radius 1 is 1.22 bits per heavy atom. The summed E-state index contributed by atoms with van der Waals surface area (Å²) in [5, 5.41) is 9.67. The molecule has 0 aliphatic heterocycles. The van der Waals surface area contributed by atoms with E-state index in [1.54, 1.807) is 12.1 Å². The molecule has 5 N–H and O–H groups in total. The van der Waals surface area contributed by atoms with Crippen LogP contribution in [0.4, 0.5) is 0 Å². The molecule has 0 atom stereocenters. The second-order valence-corrected chi connectivity index (χ2v) is 4.77. The van der Waals surface area contributed by atoms with E-state index in [-0.39, 0.29) is 25.4 Å². The average Bonchev–Trinajstić information content (AvgIpc) is 2.21. The van der Waals surface area contributed by atoms with Gasteiger partial charge in [-0.3, -0.25) is 14.5 Å². The van der Waals surface area contributed by atoms with Crippen LogP contribution in [0.1, 0.15) is 5.56 Å². The molecule has 0 saturated heterocycles. The molecule has 98 valence electrons. The van der Waals surface area contributed by atoms with Gasteiger partial charge < -0.3 is 16.6 Å². The number of nitrogens with two attached hydrogens (primary N) is 2. The zero-order chi connectivity index (χ0) is 13.7. The van der Waals surface area contributed by atoms with E-state index in [1.807, 2.05) is 0 Å². The van der Waals surface area contributed by atoms with Crippen LogP contribution >= 0.6 is 15.9 Å². The fraction of sp³-hybridized carbons (Fsp3) is 0.273. The second kappa shape index (κ2) is 6.36. The maximum atomic E-state index is 10.9. The van der Waals surface area contributed by atoms with Gasteiger partial charge in [-0.15, -0.1) is 0 Å². The molecule has 6 nitrogen and oxygen atoms in total. The van der Waals surface area contributed by atoms with Crippen molar-refractivity contribution >= 4 is 27.7 Å². The molecule has 0 aromatic heterocycles. The summed E-state index contributed by atoms with van der Waals surface area (Å²) in [4.78, 5) is 23.2. The Morgan fingerprint density at radius 3 is 2.28 bits per heavy atom. The Balaban J connectivity index is 2.84. The quantitative estimate of drug-likeness (QED) is 0.682. The maximum Gasteiger partial charge on any atom is 0.231 e. The number of aromatic hydroxyl groups is 1. The smallest absolute Gasteiger partial charge is 0.231 e. The molecule has 1 aromatic carbocycles. The number of hydrogen-bond donors (Lipinski definition) is 3. The minimum absolute atomic E-state index is 0.0807. The SMILES string of the molecule is NC(=O)CN(CC(N)=O)Cc1cc(Br)ccc1O. The highest BCUT2D eigenvalue weighted by Gasteiger charge is 2.14. The molecule has 1 rings (SSSR count). The first kappa shape index (κ1) is 14.5. The molecular formula is C11H14BrN3O3. The van der Waals surface area contributed by atoms with Gasteiger partial charge in [0.05, 0.1) is 13.1 Å². The topological polar surface area (TPSA) is 110 Å². The number of halogens is 1. The molecule has 0 spiro atoms. The number of phenolic OH excluding ortho intramolecular Hbond substituents is 1. The van der Waals surface area contributed by atoms with Gasteiger partial charge in [0.25, 0.3) is 0 Å². The molecular weight excluding hydrogens is 302 g/mol. The summed E-state index contributed by atoms with van der Waals surface area (Å²) in [5.74, 6) is -1.05. The van der Waals surface area contributed by atoms with Gasteiger partial charge >= 0.3 is 0 Å². The van der Waals surface area contributed by atoms with Gasteiger partial charge in [0.2, 0.25) is 11.8 Å². The van der Waals surface area contributed by atoms with Gasteiger partial charge in [0.1, 0.15) is 5.75 Å². The van der Waals surface area contributed by atoms with E-state index in [1.165, 1.54) is 11.0 Å². The van der Waals surface area contributed by atoms with E-state index in [0.717, 1.165) is 4.47 Å². The summed E-state index contributed by atoms with van der Waals surface area (Å²) in [7, 11) is 0. The molecule has 0 saturated carbocycles. The van der Waals surface area contributed by atoms with Gasteiger partial charge in [-0.25, -0.2) is 0 Å². The van der Waals surface area contributed by atoms with E-state index >= 15 is 0 Å². The highest BCUT2D eigenvalue weighted by Crippen LogP contribution is 2.23. The van der Waals surface area contributed by atoms with E-state index in [2.05, 4.69) is 15.9 Å². The van der Waals surface area contributed by atoms with Crippen molar-refractivity contribution in [2.45, 2.75) is 6.54 Å². The van der Waals surface area contributed by atoms with Crippen LogP contribution in [0, 0.1) is 0 Å². The molecule has 0 unspecified atom stereocenters. The first-order chi connectivity index (χ1) is 8.38. The average molecular weight is 316 g/mol. The van der Waals surface area contributed by atoms with Crippen molar-refractivity contribution in [1.82, 2.24) is 4.90 Å². The number of hydrogen-bond acceptors (Lipinski definition) is 4. The predicted octanol–water partition coefficient (Wildman–Crippen LogP) is -0.0727. The largest absolute Gasteiger partial charge is 0.508 e. The highest BCUT2D eigenvalue weighted by molar-refractivity contribution is 9.10. The van der Waals surface area contributed by atoms with Gasteiger partial charge in [0.15, 0.2) is 0 Å². The molecule has 2 amide bonds. The fourth-order valence-corrected chi connectivity index (χ4v) is 1.94. The van der Waals surface area contributed by atoms with E-state index in [9.17, 15) is 14.7 Å². The third kappa shape index (κ3) is 4.72. The minimum atomic E-state index is -0.564. The summed E-state index contributed by atoms with van der Waals surface area (Å²) in [5.41, 5.74) is 10.7. The van der Waals surface area contributed by atoms with Gasteiger partial charge in [-0.2, -0.15) is 0 Å². The van der Waals surface area contributed by atoms with Crippen molar-refractivity contribution in [1.29, 1.82) is 0 Å². The number of carbonyl (C=O) groups is 2. The number of amides is 2. The Kier molecular flexibility index (Phi) is 5.11. The van der Waals surface area contributed by atoms with Crippen molar-refractivity contribution in [3.63, 3.8) is 0 Å². The lowest BCUT2D eigenvalue weighted by atomic mass is 10.2. The molecule has 1 aromatic rings. The number of rotatable bonds is 6. The van der Waals surface area contributed by atoms with Crippen molar-refractivity contribution in [3.8, 4) is 5.75 Å². The van der Waals surface area contributed by atoms with Crippen molar-refractivity contribution in [2.75, 3.05) is 13.1 Å². The lowest BCUT2D eigenvalue weighted by Crippen LogP contribution is -2.39. The van der Waals surface area contributed by atoms with Gasteiger partial charge in [0, 0.05) is 16.6 Å². The summed E-state index contributed by atoms with van der Waals surface area (Å²) in [6.07, 6.45) is 0. The van der Waals surface area contributed by atoms with E-state index < -0.39 is 11.8 Å². The van der Waals surface area contributed by atoms with Gasteiger partial charge in [-0.1, -0.05) is 15.9 Å². The summed E-state index contributed by atoms with van der Waals surface area (Å²) in [6.45, 7) is 0.000933. The fourth-order valence-electron chi connectivity index (χ4n) is 1.53. The van der Waals surface area contributed by atoms with Crippen LogP contribution in [0.15, 0.2) is 22.7 Å². The molecule has 0 fully saturated rings. The third-order valence-electron chi connectivity index (χ3n) is 2.19. The van der Waals surface area contributed by atoms with Crippen LogP contribution in [-0.4, -0.2) is 34.9 Å². The van der Waals surface area contributed by atoms with Crippen molar-refractivity contribution in [3.05, 3.63) is 28.2 Å². The lowest BCUT2D eigenvalue weighted by Gasteiger charge is -2.19. The van der Waals surface area contributed by atoms with Crippen LogP contribution in [0.5, 0.6) is 5.75 Å². The zero-order valence-corrected chi connectivity index (χ0v) is 11.2. The van der Waals surface area contributed by atoms with Gasteiger partial charge in [-0.05, 0) is 18.2 Å². The highest BCUT2D eigenvalue weighted by atomic mass is 79.9. The third-order valence-corrected chi connectivity index (χ3v) is 2.69. The second-order valence-electron chi connectivity index (χ2n) is 3.85. The Bertz CT molecular complexity index is 449. The normalized spacial score (nSPS) is 10.6. The minimum Gasteiger partial charge on any atom is -0.508 e. The number of nitrogens with zero attached hydrogens (tertiary/aromatic N) is 1. The van der Waals surface area contributed by atoms with Crippen molar-refractivity contribution in [2.24, 2.45) is 11.5 Å². The number of benzene rings is 1. The van der Waals surface area contributed by atoms with E-state index in [0.29, 0.717) is 5.56 Å². The molecule has 0 bridgehead atoms. The molecule has 7 heteroatoms. The monoisotopic (exact) mass is 315 g/mol. The molecule has 0 radical (unpaired) electrons. The maximum absolute atomic E-state index is 10.9. The standard InChI is InChI=1S/C11H14BrN3O3/c12-8-1-2-9(16)7(3-8)4-15(5-10(13)17)6-11(14)18/h1-3,16H,4-6H2,(H2,13,17)(H2,14,18). The molecule has 0 aliphatic rings. The Morgan fingerprint density at radius 2 is 1.78 bits per heavy atom.